The van der Waals surface area contributed by atoms with Gasteiger partial charge < -0.3 is 16.0 Å². The molecule has 0 radical (unpaired) electrons. The van der Waals surface area contributed by atoms with Crippen LogP contribution < -0.4 is 16.6 Å². The normalized spacial score (nSPS) is 38.4. The lowest BCUT2D eigenvalue weighted by atomic mass is 9.48. The van der Waals surface area contributed by atoms with Gasteiger partial charge in [0, 0.05) is 6.04 Å². The van der Waals surface area contributed by atoms with Gasteiger partial charge in [0.25, 0.3) is 5.56 Å². The van der Waals surface area contributed by atoms with Gasteiger partial charge in [0.1, 0.15) is 5.69 Å². The summed E-state index contributed by atoms with van der Waals surface area (Å²) in [4.78, 5) is 18.3. The lowest BCUT2D eigenvalue weighted by Crippen LogP contribution is -2.53. The van der Waals surface area contributed by atoms with Crippen molar-refractivity contribution in [2.24, 2.45) is 23.2 Å². The molecular weight excluding hydrogens is 264 g/mol. The van der Waals surface area contributed by atoms with Crippen molar-refractivity contribution in [3.8, 4) is 0 Å². The van der Waals surface area contributed by atoms with Crippen molar-refractivity contribution in [3.63, 3.8) is 0 Å². The highest BCUT2D eigenvalue weighted by atomic mass is 16.1. The number of anilines is 2. The van der Waals surface area contributed by atoms with Crippen molar-refractivity contribution in [1.82, 2.24) is 9.97 Å². The van der Waals surface area contributed by atoms with E-state index in [4.69, 9.17) is 5.73 Å². The van der Waals surface area contributed by atoms with Crippen LogP contribution in [-0.2, 0) is 0 Å². The summed E-state index contributed by atoms with van der Waals surface area (Å²) in [6.45, 7) is 2.25. The number of hydrogen-bond donors (Lipinski definition) is 3. The summed E-state index contributed by atoms with van der Waals surface area (Å²) < 4.78 is 0. The van der Waals surface area contributed by atoms with E-state index < -0.39 is 0 Å². The third-order valence-electron chi connectivity index (χ3n) is 6.25. The Kier molecular flexibility index (Phi) is 2.81. The number of nitrogens with zero attached hydrogens (tertiary/aromatic N) is 1. The van der Waals surface area contributed by atoms with Crippen molar-refractivity contribution in [2.45, 2.75) is 51.5 Å². The predicted molar refractivity (Wildman–Crippen MR) is 83.0 cm³/mol. The van der Waals surface area contributed by atoms with Crippen molar-refractivity contribution < 1.29 is 0 Å². The van der Waals surface area contributed by atoms with Gasteiger partial charge in [0.2, 0.25) is 0 Å². The van der Waals surface area contributed by atoms with Crippen molar-refractivity contribution in [2.75, 3.05) is 11.1 Å². The van der Waals surface area contributed by atoms with Crippen LogP contribution in [0.3, 0.4) is 0 Å². The summed E-state index contributed by atoms with van der Waals surface area (Å²) >= 11 is 0. The maximum atomic E-state index is 11.6. The molecule has 4 bridgehead atoms. The molecule has 5 rings (SSSR count). The highest BCUT2D eigenvalue weighted by Gasteiger charge is 2.53. The van der Waals surface area contributed by atoms with E-state index in [1.807, 2.05) is 0 Å². The summed E-state index contributed by atoms with van der Waals surface area (Å²) in [6.07, 6.45) is 9.74. The lowest BCUT2D eigenvalue weighted by molar-refractivity contribution is -0.0603. The highest BCUT2D eigenvalue weighted by molar-refractivity contribution is 5.59. The zero-order valence-electron chi connectivity index (χ0n) is 12.6. The van der Waals surface area contributed by atoms with Gasteiger partial charge in [0.15, 0.2) is 5.82 Å². The summed E-state index contributed by atoms with van der Waals surface area (Å²) in [5, 5.41) is 3.45. The minimum absolute atomic E-state index is 0.203. The molecule has 4 aliphatic carbocycles. The van der Waals surface area contributed by atoms with Crippen LogP contribution >= 0.6 is 0 Å². The molecule has 114 valence electrons. The first kappa shape index (κ1) is 13.2. The number of H-pyrrole nitrogens is 1. The van der Waals surface area contributed by atoms with E-state index in [-0.39, 0.29) is 11.2 Å². The minimum Gasteiger partial charge on any atom is -0.391 e. The van der Waals surface area contributed by atoms with Crippen LogP contribution in [0.1, 0.15) is 45.4 Å². The van der Waals surface area contributed by atoms with Crippen LogP contribution in [0.4, 0.5) is 11.5 Å². The summed E-state index contributed by atoms with van der Waals surface area (Å²) in [5.41, 5.74) is 6.18. The Hall–Kier alpha value is -1.52. The molecule has 5 heteroatoms. The van der Waals surface area contributed by atoms with Crippen LogP contribution in [0.5, 0.6) is 0 Å². The molecule has 1 aromatic heterocycles. The van der Waals surface area contributed by atoms with Gasteiger partial charge in [0.05, 0.1) is 6.33 Å². The van der Waals surface area contributed by atoms with Gasteiger partial charge in [-0.05, 0) is 68.6 Å². The van der Waals surface area contributed by atoms with Crippen LogP contribution in [0.15, 0.2) is 11.1 Å². The second kappa shape index (κ2) is 4.49. The SMILES string of the molecule is CC(Nc1nc[nH]c(=O)c1N)C12CC3CC(CC(C3)C1)C2. The molecular formula is C16H24N4O. The zero-order valence-corrected chi connectivity index (χ0v) is 12.6. The van der Waals surface area contributed by atoms with Crippen LogP contribution in [-0.4, -0.2) is 16.0 Å². The second-order valence-corrected chi connectivity index (χ2v) is 7.64. The fourth-order valence-corrected chi connectivity index (χ4v) is 5.59. The summed E-state index contributed by atoms with van der Waals surface area (Å²) in [5.74, 6) is 3.31. The molecule has 0 amide bonds. The monoisotopic (exact) mass is 288 g/mol. The fraction of sp³-hybridized carbons (Fsp3) is 0.750. The van der Waals surface area contributed by atoms with E-state index in [9.17, 15) is 4.79 Å². The van der Waals surface area contributed by atoms with Gasteiger partial charge in [-0.2, -0.15) is 0 Å². The van der Waals surface area contributed by atoms with Crippen molar-refractivity contribution in [1.29, 1.82) is 0 Å². The molecule has 4 fully saturated rings. The van der Waals surface area contributed by atoms with E-state index in [0.29, 0.717) is 17.3 Å². The highest BCUT2D eigenvalue weighted by Crippen LogP contribution is 2.61. The Bertz CT molecular complexity index is 573. The van der Waals surface area contributed by atoms with Gasteiger partial charge in [-0.25, -0.2) is 4.98 Å². The molecule has 0 aliphatic heterocycles. The van der Waals surface area contributed by atoms with E-state index in [0.717, 1.165) is 17.8 Å². The van der Waals surface area contributed by atoms with Gasteiger partial charge >= 0.3 is 0 Å². The van der Waals surface area contributed by atoms with E-state index in [1.165, 1.54) is 44.9 Å². The number of aromatic nitrogens is 2. The molecule has 21 heavy (non-hydrogen) atoms. The fourth-order valence-electron chi connectivity index (χ4n) is 5.59. The summed E-state index contributed by atoms with van der Waals surface area (Å²) in [7, 11) is 0. The molecule has 4 N–H and O–H groups in total. The number of nitrogen functional groups attached to an aromatic ring is 1. The van der Waals surface area contributed by atoms with Gasteiger partial charge in [-0.1, -0.05) is 0 Å². The average molecular weight is 288 g/mol. The second-order valence-electron chi connectivity index (χ2n) is 7.64. The number of aromatic amines is 1. The molecule has 4 aliphatic rings. The smallest absolute Gasteiger partial charge is 0.276 e. The van der Waals surface area contributed by atoms with Crippen molar-refractivity contribution >= 4 is 11.5 Å². The molecule has 1 heterocycles. The number of nitrogens with one attached hydrogen (secondary N) is 2. The Morgan fingerprint density at radius 2 is 1.86 bits per heavy atom. The van der Waals surface area contributed by atoms with Gasteiger partial charge in [-0.15, -0.1) is 0 Å². The molecule has 0 spiro atoms. The Morgan fingerprint density at radius 3 is 2.43 bits per heavy atom. The van der Waals surface area contributed by atoms with Gasteiger partial charge in [-0.3, -0.25) is 4.79 Å². The maximum absolute atomic E-state index is 11.6. The van der Waals surface area contributed by atoms with E-state index >= 15 is 0 Å². The molecule has 4 saturated carbocycles. The zero-order chi connectivity index (χ0) is 14.6. The summed E-state index contributed by atoms with van der Waals surface area (Å²) in [6, 6.07) is 0.322. The first-order valence-electron chi connectivity index (χ1n) is 8.15. The molecule has 5 nitrogen and oxygen atoms in total. The average Bonchev–Trinajstić information content (AvgIpc) is 2.42. The number of nitrogens with two attached hydrogens (primary N) is 1. The standard InChI is InChI=1S/C16H24N4O/c1-9(20-14-13(17)15(21)19-8-18-14)16-5-10-2-11(6-16)4-12(3-10)7-16/h8-12H,2-7,17H2,1H3,(H2,18,19,20,21). The Morgan fingerprint density at radius 1 is 1.29 bits per heavy atom. The van der Waals surface area contributed by atoms with E-state index in [1.54, 1.807) is 0 Å². The quantitative estimate of drug-likeness (QED) is 0.797. The third-order valence-corrected chi connectivity index (χ3v) is 6.25. The maximum Gasteiger partial charge on any atom is 0.276 e. The first-order chi connectivity index (χ1) is 10.1. The number of hydrogen-bond acceptors (Lipinski definition) is 4. The minimum atomic E-state index is -0.259. The number of rotatable bonds is 3. The van der Waals surface area contributed by atoms with Crippen LogP contribution in [0.25, 0.3) is 0 Å². The molecule has 0 saturated heterocycles. The topological polar surface area (TPSA) is 83.8 Å². The third kappa shape index (κ3) is 2.05. The van der Waals surface area contributed by atoms with Crippen LogP contribution in [0.2, 0.25) is 0 Å². The Labute approximate surface area is 124 Å². The molecule has 1 aromatic rings. The van der Waals surface area contributed by atoms with E-state index in [2.05, 4.69) is 22.2 Å². The van der Waals surface area contributed by atoms with Crippen molar-refractivity contribution in [3.05, 3.63) is 16.7 Å². The predicted octanol–water partition coefficient (Wildman–Crippen LogP) is 2.37. The molecule has 0 aromatic carbocycles. The van der Waals surface area contributed by atoms with Crippen LogP contribution in [0, 0.1) is 23.2 Å². The molecule has 1 atom stereocenters. The Balaban J connectivity index is 1.59. The largest absolute Gasteiger partial charge is 0.391 e. The first-order valence-corrected chi connectivity index (χ1v) is 8.15. The lowest BCUT2D eigenvalue weighted by Gasteiger charge is -2.59. The molecule has 1 unspecified atom stereocenters.